The van der Waals surface area contributed by atoms with Gasteiger partial charge in [-0.3, -0.25) is 10.3 Å². The van der Waals surface area contributed by atoms with Crippen LogP contribution in [0, 0.1) is 0 Å². The Balaban J connectivity index is 2.57. The predicted octanol–water partition coefficient (Wildman–Crippen LogP) is 0.508. The molecule has 0 aliphatic rings. The minimum Gasteiger partial charge on any atom is -0.423 e. The van der Waals surface area contributed by atoms with Gasteiger partial charge in [0.25, 0.3) is 0 Å². The topological polar surface area (TPSA) is 61.7 Å². The van der Waals surface area contributed by atoms with Crippen molar-refractivity contribution in [3.63, 3.8) is 0 Å². The van der Waals surface area contributed by atoms with Gasteiger partial charge in [0.15, 0.2) is 0 Å². The maximum absolute atomic E-state index is 8.88. The lowest BCUT2D eigenvalue weighted by atomic mass is 9.80. The Hall–Kier alpha value is -1.04. The molecule has 0 bridgehead atoms. The average molecular weight is 209 g/mol. The van der Waals surface area contributed by atoms with Crippen LogP contribution >= 0.6 is 0 Å². The fourth-order valence-electron chi connectivity index (χ4n) is 0.935. The first-order valence-electron chi connectivity index (χ1n) is 4.78. The quantitative estimate of drug-likeness (QED) is 0.501. The molecule has 0 saturated heterocycles. The molecule has 0 amide bonds. The van der Waals surface area contributed by atoms with E-state index in [4.69, 9.17) is 14.9 Å². The molecule has 0 aliphatic heterocycles. The largest absolute Gasteiger partial charge is 0.488 e. The van der Waals surface area contributed by atoms with E-state index in [1.54, 1.807) is 24.3 Å². The van der Waals surface area contributed by atoms with Crippen LogP contribution in [-0.4, -0.2) is 22.8 Å². The van der Waals surface area contributed by atoms with Gasteiger partial charge in [0.05, 0.1) is 11.3 Å². The van der Waals surface area contributed by atoms with Crippen LogP contribution in [0.5, 0.6) is 0 Å². The summed E-state index contributed by atoms with van der Waals surface area (Å²) in [6.07, 6.45) is 0. The highest BCUT2D eigenvalue weighted by atomic mass is 16.7. The molecule has 0 fully saturated rings. The van der Waals surface area contributed by atoms with Gasteiger partial charge in [-0.2, -0.15) is 0 Å². The normalized spacial score (nSPS) is 11.3. The van der Waals surface area contributed by atoms with E-state index in [0.717, 1.165) is 5.69 Å². The first-order chi connectivity index (χ1) is 6.88. The van der Waals surface area contributed by atoms with Gasteiger partial charge in [0.1, 0.15) is 0 Å². The zero-order valence-electron chi connectivity index (χ0n) is 9.19. The van der Waals surface area contributed by atoms with Gasteiger partial charge in [-0.1, -0.05) is 12.1 Å². The second kappa shape index (κ2) is 4.66. The van der Waals surface area contributed by atoms with Crippen LogP contribution in [0.15, 0.2) is 24.3 Å². The average Bonchev–Trinajstić information content (AvgIpc) is 2.14. The Bertz CT molecular complexity index is 305. The van der Waals surface area contributed by atoms with E-state index in [2.05, 4.69) is 5.48 Å². The molecule has 0 spiro atoms. The Morgan fingerprint density at radius 2 is 1.67 bits per heavy atom. The number of rotatable bonds is 3. The number of hydrogen-bond donors (Lipinski definition) is 3. The molecule has 1 aromatic rings. The van der Waals surface area contributed by atoms with E-state index in [1.165, 1.54) is 0 Å². The summed E-state index contributed by atoms with van der Waals surface area (Å²) < 4.78 is 0. The van der Waals surface area contributed by atoms with Gasteiger partial charge < -0.3 is 10.0 Å². The standard InChI is InChI=1S/C10H16BNO3/c1-10(2,3)15-12-9-6-4-8(5-7-9)11(13)14/h4-7,12-14H,1-3H3. The summed E-state index contributed by atoms with van der Waals surface area (Å²) in [7, 11) is -1.43. The Morgan fingerprint density at radius 1 is 1.13 bits per heavy atom. The monoisotopic (exact) mass is 209 g/mol. The van der Waals surface area contributed by atoms with Crippen molar-refractivity contribution >= 4 is 18.3 Å². The van der Waals surface area contributed by atoms with Crippen LogP contribution in [0.4, 0.5) is 5.69 Å². The molecule has 0 saturated carbocycles. The maximum Gasteiger partial charge on any atom is 0.488 e. The van der Waals surface area contributed by atoms with Gasteiger partial charge >= 0.3 is 7.12 Å². The second-order valence-corrected chi connectivity index (χ2v) is 4.31. The lowest BCUT2D eigenvalue weighted by Gasteiger charge is -2.19. The Morgan fingerprint density at radius 3 is 2.07 bits per heavy atom. The lowest BCUT2D eigenvalue weighted by Crippen LogP contribution is -2.29. The molecule has 0 atom stereocenters. The van der Waals surface area contributed by atoms with E-state index in [0.29, 0.717) is 5.46 Å². The van der Waals surface area contributed by atoms with E-state index in [9.17, 15) is 0 Å². The van der Waals surface area contributed by atoms with Crippen molar-refractivity contribution < 1.29 is 14.9 Å². The third-order valence-electron chi connectivity index (χ3n) is 1.68. The molecule has 0 unspecified atom stereocenters. The molecule has 0 aromatic heterocycles. The van der Waals surface area contributed by atoms with Crippen LogP contribution in [0.25, 0.3) is 0 Å². The Kier molecular flexibility index (Phi) is 3.74. The van der Waals surface area contributed by atoms with Crippen molar-refractivity contribution in [1.29, 1.82) is 0 Å². The van der Waals surface area contributed by atoms with Crippen molar-refractivity contribution in [2.75, 3.05) is 5.48 Å². The number of nitrogens with one attached hydrogen (secondary N) is 1. The van der Waals surface area contributed by atoms with Crippen LogP contribution in [0.1, 0.15) is 20.8 Å². The van der Waals surface area contributed by atoms with Crippen LogP contribution in [-0.2, 0) is 4.84 Å². The minimum absolute atomic E-state index is 0.269. The zero-order valence-corrected chi connectivity index (χ0v) is 9.19. The summed E-state index contributed by atoms with van der Waals surface area (Å²) in [4.78, 5) is 5.34. The van der Waals surface area contributed by atoms with E-state index >= 15 is 0 Å². The number of anilines is 1. The second-order valence-electron chi connectivity index (χ2n) is 4.31. The van der Waals surface area contributed by atoms with Gasteiger partial charge in [-0.15, -0.1) is 0 Å². The van der Waals surface area contributed by atoms with Gasteiger partial charge in [-0.25, -0.2) is 0 Å². The van der Waals surface area contributed by atoms with Gasteiger partial charge in [0.2, 0.25) is 0 Å². The molecular formula is C10H16BNO3. The van der Waals surface area contributed by atoms with Crippen molar-refractivity contribution in [2.24, 2.45) is 0 Å². The van der Waals surface area contributed by atoms with E-state index in [1.807, 2.05) is 20.8 Å². The molecule has 4 nitrogen and oxygen atoms in total. The maximum atomic E-state index is 8.88. The highest BCUT2D eigenvalue weighted by molar-refractivity contribution is 6.58. The van der Waals surface area contributed by atoms with Crippen molar-refractivity contribution in [3.05, 3.63) is 24.3 Å². The molecule has 82 valence electrons. The third-order valence-corrected chi connectivity index (χ3v) is 1.68. The summed E-state index contributed by atoms with van der Waals surface area (Å²) in [6.45, 7) is 5.81. The van der Waals surface area contributed by atoms with Crippen LogP contribution in [0.3, 0.4) is 0 Å². The van der Waals surface area contributed by atoms with Gasteiger partial charge in [-0.05, 0) is 38.4 Å². The van der Waals surface area contributed by atoms with E-state index < -0.39 is 7.12 Å². The number of benzene rings is 1. The molecule has 3 N–H and O–H groups in total. The summed E-state index contributed by atoms with van der Waals surface area (Å²) in [6, 6.07) is 6.69. The minimum atomic E-state index is -1.43. The smallest absolute Gasteiger partial charge is 0.423 e. The SMILES string of the molecule is CC(C)(C)ONc1ccc(B(O)O)cc1. The Labute approximate surface area is 90.0 Å². The fourth-order valence-corrected chi connectivity index (χ4v) is 0.935. The van der Waals surface area contributed by atoms with Crippen molar-refractivity contribution in [1.82, 2.24) is 0 Å². The van der Waals surface area contributed by atoms with Crippen molar-refractivity contribution in [2.45, 2.75) is 26.4 Å². The number of hydrogen-bond acceptors (Lipinski definition) is 4. The molecule has 0 aliphatic carbocycles. The molecule has 5 heteroatoms. The first kappa shape index (κ1) is 12.0. The molecule has 15 heavy (non-hydrogen) atoms. The van der Waals surface area contributed by atoms with E-state index in [-0.39, 0.29) is 5.60 Å². The highest BCUT2D eigenvalue weighted by Gasteiger charge is 2.12. The van der Waals surface area contributed by atoms with Crippen LogP contribution < -0.4 is 10.9 Å². The summed E-state index contributed by atoms with van der Waals surface area (Å²) in [5.74, 6) is 0. The predicted molar refractivity (Wildman–Crippen MR) is 60.7 cm³/mol. The fraction of sp³-hybridized carbons (Fsp3) is 0.400. The molecular weight excluding hydrogens is 193 g/mol. The zero-order chi connectivity index (χ0) is 11.5. The molecule has 0 heterocycles. The summed E-state index contributed by atoms with van der Waals surface area (Å²) in [5, 5.41) is 17.8. The molecule has 1 rings (SSSR count). The summed E-state index contributed by atoms with van der Waals surface area (Å²) >= 11 is 0. The van der Waals surface area contributed by atoms with Gasteiger partial charge in [0, 0.05) is 0 Å². The first-order valence-corrected chi connectivity index (χ1v) is 4.78. The lowest BCUT2D eigenvalue weighted by molar-refractivity contribution is 0.0375. The highest BCUT2D eigenvalue weighted by Crippen LogP contribution is 2.10. The van der Waals surface area contributed by atoms with Crippen molar-refractivity contribution in [3.8, 4) is 0 Å². The summed E-state index contributed by atoms with van der Waals surface area (Å²) in [5.41, 5.74) is 3.75. The molecule has 1 aromatic carbocycles. The third kappa shape index (κ3) is 4.33. The van der Waals surface area contributed by atoms with Crippen LogP contribution in [0.2, 0.25) is 0 Å². The molecule has 0 radical (unpaired) electrons.